The third-order valence-electron chi connectivity index (χ3n) is 4.97. The smallest absolute Gasteiger partial charge is 0.211 e. The predicted octanol–water partition coefficient (Wildman–Crippen LogP) is 7.03. The summed E-state index contributed by atoms with van der Waals surface area (Å²) < 4.78 is 0. The minimum atomic E-state index is -0.568. The van der Waals surface area contributed by atoms with Gasteiger partial charge in [0.15, 0.2) is 6.17 Å². The lowest BCUT2D eigenvalue weighted by Crippen LogP contribution is -1.99. The molecule has 0 saturated heterocycles. The number of hydrogen-bond acceptors (Lipinski definition) is 4. The Kier molecular flexibility index (Phi) is 20.8. The van der Waals surface area contributed by atoms with Crippen molar-refractivity contribution in [1.29, 1.82) is 0 Å². The average Bonchev–Trinajstić information content (AvgIpc) is 2.64. The summed E-state index contributed by atoms with van der Waals surface area (Å²) in [4.78, 5) is 27.4. The highest BCUT2D eigenvalue weighted by atomic mass is 16.1. The Bertz CT molecular complexity index is 368. The SMILES string of the molecule is CCCCCCCCCCCCCCCCCCCC(N=C=O)N=C=O. The Balaban J connectivity index is 3.20. The molecule has 0 fully saturated rings. The van der Waals surface area contributed by atoms with Crippen molar-refractivity contribution in [3.05, 3.63) is 0 Å². The van der Waals surface area contributed by atoms with E-state index in [4.69, 9.17) is 0 Å². The van der Waals surface area contributed by atoms with Crippen molar-refractivity contribution in [3.8, 4) is 0 Å². The first-order chi connectivity index (χ1) is 12.8. The Morgan fingerprint density at radius 3 is 1.15 bits per heavy atom. The Labute approximate surface area is 161 Å². The molecule has 4 nitrogen and oxygen atoms in total. The first-order valence-electron chi connectivity index (χ1n) is 11.0. The molecule has 0 radical (unpaired) electrons. The molecule has 0 saturated carbocycles. The zero-order chi connectivity index (χ0) is 19.1. The van der Waals surface area contributed by atoms with E-state index in [1.807, 2.05) is 0 Å². The van der Waals surface area contributed by atoms with E-state index in [-0.39, 0.29) is 0 Å². The average molecular weight is 365 g/mol. The molecule has 0 atom stereocenters. The van der Waals surface area contributed by atoms with Crippen LogP contribution < -0.4 is 0 Å². The van der Waals surface area contributed by atoms with Gasteiger partial charge in [-0.15, -0.1) is 0 Å². The lowest BCUT2D eigenvalue weighted by Gasteiger charge is -2.04. The number of hydrogen-bond donors (Lipinski definition) is 0. The Morgan fingerprint density at radius 1 is 0.538 bits per heavy atom. The van der Waals surface area contributed by atoms with Gasteiger partial charge in [-0.25, -0.2) is 9.59 Å². The van der Waals surface area contributed by atoms with Gasteiger partial charge in [0.2, 0.25) is 12.2 Å². The molecule has 0 bridgehead atoms. The van der Waals surface area contributed by atoms with Crippen LogP contribution in [0.5, 0.6) is 0 Å². The number of rotatable bonds is 20. The van der Waals surface area contributed by atoms with Crippen LogP contribution in [0.15, 0.2) is 9.98 Å². The molecule has 0 aliphatic rings. The third kappa shape index (κ3) is 19.1. The minimum absolute atomic E-state index is 0.568. The van der Waals surface area contributed by atoms with E-state index >= 15 is 0 Å². The van der Waals surface area contributed by atoms with Gasteiger partial charge in [-0.1, -0.05) is 110 Å². The topological polar surface area (TPSA) is 58.9 Å². The van der Waals surface area contributed by atoms with Crippen LogP contribution in [0.1, 0.15) is 122 Å². The van der Waals surface area contributed by atoms with Gasteiger partial charge >= 0.3 is 0 Å². The molecule has 0 aromatic rings. The molecule has 0 N–H and O–H groups in total. The van der Waals surface area contributed by atoms with E-state index in [9.17, 15) is 9.59 Å². The van der Waals surface area contributed by atoms with Crippen LogP contribution in [0.3, 0.4) is 0 Å². The van der Waals surface area contributed by atoms with E-state index in [0.29, 0.717) is 6.42 Å². The summed E-state index contributed by atoms with van der Waals surface area (Å²) in [5, 5.41) is 0. The fraction of sp³-hybridized carbons (Fsp3) is 0.909. The fourth-order valence-electron chi connectivity index (χ4n) is 3.33. The highest BCUT2D eigenvalue weighted by Crippen LogP contribution is 2.15. The maximum Gasteiger partial charge on any atom is 0.237 e. The highest BCUT2D eigenvalue weighted by Gasteiger charge is 2.03. The van der Waals surface area contributed by atoms with Crippen molar-refractivity contribution in [1.82, 2.24) is 0 Å². The van der Waals surface area contributed by atoms with Crippen molar-refractivity contribution in [2.24, 2.45) is 9.98 Å². The first-order valence-corrected chi connectivity index (χ1v) is 11.0. The quantitative estimate of drug-likeness (QED) is 0.132. The number of unbranched alkanes of at least 4 members (excludes halogenated alkanes) is 16. The summed E-state index contributed by atoms with van der Waals surface area (Å²) in [6.45, 7) is 2.27. The highest BCUT2D eigenvalue weighted by molar-refractivity contribution is 5.36. The Morgan fingerprint density at radius 2 is 0.846 bits per heavy atom. The predicted molar refractivity (Wildman–Crippen MR) is 109 cm³/mol. The maximum atomic E-state index is 10.2. The van der Waals surface area contributed by atoms with E-state index in [1.165, 1.54) is 108 Å². The summed E-state index contributed by atoms with van der Waals surface area (Å²) in [6.07, 6.45) is 25.7. The van der Waals surface area contributed by atoms with Crippen molar-refractivity contribution < 1.29 is 9.59 Å². The monoisotopic (exact) mass is 364 g/mol. The van der Waals surface area contributed by atoms with Gasteiger partial charge in [0, 0.05) is 0 Å². The number of carbonyl (C=O) groups excluding carboxylic acids is 2. The van der Waals surface area contributed by atoms with Crippen molar-refractivity contribution >= 4 is 12.2 Å². The second-order valence-corrected chi connectivity index (χ2v) is 7.37. The van der Waals surface area contributed by atoms with E-state index < -0.39 is 6.17 Å². The van der Waals surface area contributed by atoms with Crippen molar-refractivity contribution in [2.45, 2.75) is 129 Å². The molecule has 26 heavy (non-hydrogen) atoms. The molecule has 4 heteroatoms. The summed E-state index contributed by atoms with van der Waals surface area (Å²) in [7, 11) is 0. The minimum Gasteiger partial charge on any atom is -0.211 e. The third-order valence-corrected chi connectivity index (χ3v) is 4.97. The van der Waals surface area contributed by atoms with E-state index in [2.05, 4.69) is 16.9 Å². The second-order valence-electron chi connectivity index (χ2n) is 7.37. The first kappa shape index (κ1) is 24.8. The van der Waals surface area contributed by atoms with Crippen LogP contribution in [0, 0.1) is 0 Å². The lowest BCUT2D eigenvalue weighted by atomic mass is 10.0. The van der Waals surface area contributed by atoms with E-state index in [1.54, 1.807) is 0 Å². The second kappa shape index (κ2) is 21.8. The summed E-state index contributed by atoms with van der Waals surface area (Å²) >= 11 is 0. The van der Waals surface area contributed by atoms with Gasteiger partial charge < -0.3 is 0 Å². The molecular formula is C22H40N2O2. The zero-order valence-corrected chi connectivity index (χ0v) is 17.0. The van der Waals surface area contributed by atoms with Gasteiger partial charge in [0.1, 0.15) is 0 Å². The zero-order valence-electron chi connectivity index (χ0n) is 17.0. The molecule has 0 aliphatic heterocycles. The van der Waals surface area contributed by atoms with Crippen LogP contribution >= 0.6 is 0 Å². The number of nitrogens with zero attached hydrogens (tertiary/aromatic N) is 2. The molecule has 0 rings (SSSR count). The molecule has 0 amide bonds. The molecule has 0 spiro atoms. The standard InChI is InChI=1S/C22H40N2O2/c1-2-3-4-5-6-7-8-9-10-11-12-13-14-15-16-17-18-19-22(23-20-25)24-21-26/h22H,2-19H2,1H3. The van der Waals surface area contributed by atoms with Gasteiger partial charge in [-0.05, 0) is 12.8 Å². The summed E-state index contributed by atoms with van der Waals surface area (Å²) in [5.74, 6) is 0. The lowest BCUT2D eigenvalue weighted by molar-refractivity contribution is 0.510. The van der Waals surface area contributed by atoms with Crippen LogP contribution in [-0.4, -0.2) is 18.3 Å². The Hall–Kier alpha value is -1.24. The largest absolute Gasteiger partial charge is 0.237 e. The molecule has 0 aromatic carbocycles. The molecule has 0 aromatic heterocycles. The number of isocyanates is 2. The summed E-state index contributed by atoms with van der Waals surface area (Å²) in [5.41, 5.74) is 0. The summed E-state index contributed by atoms with van der Waals surface area (Å²) in [6, 6.07) is 0. The maximum absolute atomic E-state index is 10.2. The van der Waals surface area contributed by atoms with Crippen LogP contribution in [0.2, 0.25) is 0 Å². The van der Waals surface area contributed by atoms with Crippen LogP contribution in [0.25, 0.3) is 0 Å². The fourth-order valence-corrected chi connectivity index (χ4v) is 3.33. The van der Waals surface area contributed by atoms with Crippen molar-refractivity contribution in [2.75, 3.05) is 0 Å². The van der Waals surface area contributed by atoms with Gasteiger partial charge in [-0.3, -0.25) is 0 Å². The van der Waals surface area contributed by atoms with Crippen molar-refractivity contribution in [3.63, 3.8) is 0 Å². The molecular weight excluding hydrogens is 324 g/mol. The molecule has 0 aliphatic carbocycles. The van der Waals surface area contributed by atoms with Crippen LogP contribution in [0.4, 0.5) is 0 Å². The van der Waals surface area contributed by atoms with Gasteiger partial charge in [-0.2, -0.15) is 9.98 Å². The molecule has 0 unspecified atom stereocenters. The molecule has 150 valence electrons. The van der Waals surface area contributed by atoms with Crippen LogP contribution in [-0.2, 0) is 9.59 Å². The van der Waals surface area contributed by atoms with Gasteiger partial charge in [0.25, 0.3) is 0 Å². The van der Waals surface area contributed by atoms with E-state index in [0.717, 1.165) is 12.8 Å². The number of aliphatic imine (C=N–C) groups is 2. The normalized spacial score (nSPS) is 11.6. The molecule has 0 heterocycles. The van der Waals surface area contributed by atoms with Gasteiger partial charge in [0.05, 0.1) is 0 Å².